The Morgan fingerprint density at radius 2 is 1.76 bits per heavy atom. The van der Waals surface area contributed by atoms with Crippen molar-refractivity contribution in [1.29, 1.82) is 0 Å². The Bertz CT molecular complexity index is 294. The van der Waals surface area contributed by atoms with E-state index in [9.17, 15) is 9.59 Å². The molecule has 2 amide bonds. The molecule has 0 atom stereocenters. The molecular formula is C12H20N2O3. The van der Waals surface area contributed by atoms with Crippen molar-refractivity contribution in [1.82, 2.24) is 10.2 Å². The molecule has 2 N–H and O–H groups in total. The molecular weight excluding hydrogens is 220 g/mol. The van der Waals surface area contributed by atoms with Crippen molar-refractivity contribution in [2.24, 2.45) is 11.8 Å². The van der Waals surface area contributed by atoms with E-state index in [-0.39, 0.29) is 18.4 Å². The van der Waals surface area contributed by atoms with Gasteiger partial charge in [0.15, 0.2) is 0 Å². The number of urea groups is 1. The van der Waals surface area contributed by atoms with Gasteiger partial charge in [0.1, 0.15) is 0 Å². The van der Waals surface area contributed by atoms with Crippen LogP contribution in [0.3, 0.4) is 0 Å². The number of carbonyl (C=O) groups excluding carboxylic acids is 1. The highest BCUT2D eigenvalue weighted by Crippen LogP contribution is 2.27. The Balaban J connectivity index is 1.66. The summed E-state index contributed by atoms with van der Waals surface area (Å²) in [6, 6.07) is 0.0191. The molecule has 1 aliphatic carbocycles. The van der Waals surface area contributed by atoms with Crippen molar-refractivity contribution in [2.75, 3.05) is 19.6 Å². The van der Waals surface area contributed by atoms with E-state index in [4.69, 9.17) is 5.11 Å². The topological polar surface area (TPSA) is 69.6 Å². The van der Waals surface area contributed by atoms with E-state index in [0.29, 0.717) is 19.0 Å². The highest BCUT2D eigenvalue weighted by atomic mass is 16.4. The molecule has 0 spiro atoms. The molecule has 5 nitrogen and oxygen atoms in total. The number of carboxylic acids is 1. The zero-order valence-electron chi connectivity index (χ0n) is 10.0. The second-order valence-electron chi connectivity index (χ2n) is 5.16. The third kappa shape index (κ3) is 3.91. The number of carbonyl (C=O) groups is 2. The molecule has 2 fully saturated rings. The number of hydrogen-bond acceptors (Lipinski definition) is 2. The van der Waals surface area contributed by atoms with E-state index in [0.717, 1.165) is 19.4 Å². The largest absolute Gasteiger partial charge is 0.481 e. The van der Waals surface area contributed by atoms with Gasteiger partial charge in [-0.3, -0.25) is 4.79 Å². The highest BCUT2D eigenvalue weighted by molar-refractivity contribution is 5.74. The molecule has 0 radical (unpaired) electrons. The second kappa shape index (κ2) is 5.38. The lowest BCUT2D eigenvalue weighted by Gasteiger charge is -2.31. The maximum atomic E-state index is 11.8. The first-order valence-electron chi connectivity index (χ1n) is 6.39. The fourth-order valence-corrected chi connectivity index (χ4v) is 2.25. The minimum absolute atomic E-state index is 0.0191. The number of amides is 2. The molecule has 2 rings (SSSR count). The van der Waals surface area contributed by atoms with Crippen molar-refractivity contribution >= 4 is 12.0 Å². The maximum Gasteiger partial charge on any atom is 0.317 e. The molecule has 1 aliphatic heterocycles. The first-order chi connectivity index (χ1) is 8.15. The van der Waals surface area contributed by atoms with Crippen LogP contribution in [0.4, 0.5) is 4.79 Å². The Morgan fingerprint density at radius 3 is 2.29 bits per heavy atom. The average molecular weight is 240 g/mol. The smallest absolute Gasteiger partial charge is 0.317 e. The fourth-order valence-electron chi connectivity index (χ4n) is 2.25. The van der Waals surface area contributed by atoms with E-state index in [2.05, 4.69) is 5.32 Å². The third-order valence-corrected chi connectivity index (χ3v) is 3.60. The molecule has 2 aliphatic rings. The standard InChI is InChI=1S/C12H20N2O3/c15-11(16)7-9-3-5-14(6-4-9)12(17)13-8-10-1-2-10/h9-10H,1-8H2,(H,13,17)(H,15,16). The molecule has 1 saturated heterocycles. The molecule has 0 aromatic carbocycles. The molecule has 1 heterocycles. The van der Waals surface area contributed by atoms with Crippen LogP contribution in [0, 0.1) is 11.8 Å². The van der Waals surface area contributed by atoms with Gasteiger partial charge in [-0.1, -0.05) is 0 Å². The summed E-state index contributed by atoms with van der Waals surface area (Å²) >= 11 is 0. The van der Waals surface area contributed by atoms with Crippen LogP contribution in [0.2, 0.25) is 0 Å². The van der Waals surface area contributed by atoms with Crippen LogP contribution in [0.25, 0.3) is 0 Å². The molecule has 17 heavy (non-hydrogen) atoms. The highest BCUT2D eigenvalue weighted by Gasteiger charge is 2.26. The Hall–Kier alpha value is -1.26. The van der Waals surface area contributed by atoms with Crippen LogP contribution >= 0.6 is 0 Å². The third-order valence-electron chi connectivity index (χ3n) is 3.60. The summed E-state index contributed by atoms with van der Waals surface area (Å²) < 4.78 is 0. The van der Waals surface area contributed by atoms with Gasteiger partial charge in [0.05, 0.1) is 0 Å². The van der Waals surface area contributed by atoms with Gasteiger partial charge in [-0.05, 0) is 37.5 Å². The molecule has 0 aromatic rings. The van der Waals surface area contributed by atoms with E-state index < -0.39 is 5.97 Å². The van der Waals surface area contributed by atoms with E-state index >= 15 is 0 Å². The zero-order valence-corrected chi connectivity index (χ0v) is 10.0. The lowest BCUT2D eigenvalue weighted by atomic mass is 9.94. The van der Waals surface area contributed by atoms with Gasteiger partial charge >= 0.3 is 12.0 Å². The van der Waals surface area contributed by atoms with Crippen molar-refractivity contribution < 1.29 is 14.7 Å². The summed E-state index contributed by atoms with van der Waals surface area (Å²) in [6.45, 7) is 2.18. The van der Waals surface area contributed by atoms with E-state index in [1.54, 1.807) is 4.90 Å². The van der Waals surface area contributed by atoms with Gasteiger partial charge in [0.2, 0.25) is 0 Å². The number of hydrogen-bond donors (Lipinski definition) is 2. The zero-order chi connectivity index (χ0) is 12.3. The molecule has 96 valence electrons. The van der Waals surface area contributed by atoms with Gasteiger partial charge in [0.25, 0.3) is 0 Å². The number of carboxylic acid groups (broad SMARTS) is 1. The van der Waals surface area contributed by atoms with Crippen molar-refractivity contribution in [3.8, 4) is 0 Å². The minimum Gasteiger partial charge on any atom is -0.481 e. The van der Waals surface area contributed by atoms with Crippen LogP contribution in [0.15, 0.2) is 0 Å². The van der Waals surface area contributed by atoms with Crippen LogP contribution in [0.5, 0.6) is 0 Å². The van der Waals surface area contributed by atoms with Gasteiger partial charge in [0, 0.05) is 26.1 Å². The van der Waals surface area contributed by atoms with Gasteiger partial charge in [-0.2, -0.15) is 0 Å². The molecule has 5 heteroatoms. The molecule has 1 saturated carbocycles. The van der Waals surface area contributed by atoms with Crippen molar-refractivity contribution in [3.05, 3.63) is 0 Å². The number of likely N-dealkylation sites (tertiary alicyclic amines) is 1. The average Bonchev–Trinajstić information content (AvgIpc) is 3.10. The van der Waals surface area contributed by atoms with Gasteiger partial charge in [-0.15, -0.1) is 0 Å². The summed E-state index contributed by atoms with van der Waals surface area (Å²) in [7, 11) is 0. The lowest BCUT2D eigenvalue weighted by Crippen LogP contribution is -2.45. The Morgan fingerprint density at radius 1 is 1.12 bits per heavy atom. The SMILES string of the molecule is O=C(O)CC1CCN(C(=O)NCC2CC2)CC1. The predicted molar refractivity (Wildman–Crippen MR) is 62.7 cm³/mol. The normalized spacial score (nSPS) is 21.3. The summed E-state index contributed by atoms with van der Waals surface area (Å²) in [6.07, 6.45) is 4.33. The monoisotopic (exact) mass is 240 g/mol. The number of piperidine rings is 1. The molecule has 0 unspecified atom stereocenters. The minimum atomic E-state index is -0.735. The van der Waals surface area contributed by atoms with Crippen LogP contribution in [-0.2, 0) is 4.79 Å². The van der Waals surface area contributed by atoms with E-state index in [1.807, 2.05) is 0 Å². The van der Waals surface area contributed by atoms with Crippen LogP contribution in [-0.4, -0.2) is 41.6 Å². The second-order valence-corrected chi connectivity index (χ2v) is 5.16. The van der Waals surface area contributed by atoms with Crippen LogP contribution in [0.1, 0.15) is 32.1 Å². The lowest BCUT2D eigenvalue weighted by molar-refractivity contribution is -0.138. The first-order valence-corrected chi connectivity index (χ1v) is 6.39. The summed E-state index contributed by atoms with van der Waals surface area (Å²) in [5.41, 5.74) is 0. The number of rotatable bonds is 4. The quantitative estimate of drug-likeness (QED) is 0.778. The predicted octanol–water partition coefficient (Wildman–Crippen LogP) is 1.29. The summed E-state index contributed by atoms with van der Waals surface area (Å²) in [4.78, 5) is 24.1. The number of nitrogens with zero attached hydrogens (tertiary/aromatic N) is 1. The maximum absolute atomic E-state index is 11.8. The van der Waals surface area contributed by atoms with Crippen molar-refractivity contribution in [3.63, 3.8) is 0 Å². The Labute approximate surface area is 101 Å². The van der Waals surface area contributed by atoms with Gasteiger partial charge in [-0.25, -0.2) is 4.79 Å². The number of nitrogens with one attached hydrogen (secondary N) is 1. The number of aliphatic carboxylic acids is 1. The Kier molecular flexibility index (Phi) is 3.86. The van der Waals surface area contributed by atoms with Gasteiger partial charge < -0.3 is 15.3 Å². The summed E-state index contributed by atoms with van der Waals surface area (Å²) in [5.74, 6) is 0.199. The molecule has 0 aromatic heterocycles. The summed E-state index contributed by atoms with van der Waals surface area (Å²) in [5, 5.41) is 11.6. The first kappa shape index (κ1) is 12.2. The van der Waals surface area contributed by atoms with Crippen LogP contribution < -0.4 is 5.32 Å². The van der Waals surface area contributed by atoms with Crippen molar-refractivity contribution in [2.45, 2.75) is 32.1 Å². The van der Waals surface area contributed by atoms with E-state index in [1.165, 1.54) is 12.8 Å². The fraction of sp³-hybridized carbons (Fsp3) is 0.833. The molecule has 0 bridgehead atoms.